The predicted molar refractivity (Wildman–Crippen MR) is 82.7 cm³/mol. The van der Waals surface area contributed by atoms with Gasteiger partial charge >= 0.3 is 0 Å². The fraction of sp³-hybridized carbons (Fsp3) is 0.143. The second-order valence-electron chi connectivity index (χ2n) is 4.36. The molecule has 5 nitrogen and oxygen atoms in total. The van der Waals surface area contributed by atoms with Crippen LogP contribution >= 0.6 is 23.2 Å². The molecule has 0 radical (unpaired) electrons. The summed E-state index contributed by atoms with van der Waals surface area (Å²) in [6.45, 7) is 0.177. The number of rotatable bonds is 5. The minimum absolute atomic E-state index is 0.177. The summed E-state index contributed by atoms with van der Waals surface area (Å²) >= 11 is 11.8. The van der Waals surface area contributed by atoms with Crippen LogP contribution in [0.1, 0.15) is 22.0 Å². The fourth-order valence-electron chi connectivity index (χ4n) is 1.76. The van der Waals surface area contributed by atoms with Crippen LogP contribution in [-0.2, 0) is 0 Å². The van der Waals surface area contributed by atoms with Gasteiger partial charge in [0.1, 0.15) is 5.82 Å². The van der Waals surface area contributed by atoms with E-state index in [1.54, 1.807) is 18.2 Å². The van der Waals surface area contributed by atoms with Crippen molar-refractivity contribution in [3.05, 3.63) is 57.7 Å². The molecule has 2 aromatic rings. The summed E-state index contributed by atoms with van der Waals surface area (Å²) in [5, 5.41) is 13.9. The third-order valence-corrected chi connectivity index (χ3v) is 3.40. The van der Waals surface area contributed by atoms with Crippen LogP contribution in [0.3, 0.4) is 0 Å². The number of pyridine rings is 1. The molecule has 2 rings (SSSR count). The Balaban J connectivity index is 2.05. The number of nitrogens with zero attached hydrogens (tertiary/aromatic N) is 1. The minimum atomic E-state index is -0.839. The second kappa shape index (κ2) is 6.76. The zero-order valence-corrected chi connectivity index (χ0v) is 12.4. The molecular weight excluding hydrogens is 313 g/mol. The number of amides is 1. The summed E-state index contributed by atoms with van der Waals surface area (Å²) in [6.07, 6.45) is 0.623. The van der Waals surface area contributed by atoms with Gasteiger partial charge in [0.2, 0.25) is 5.91 Å². The quantitative estimate of drug-likeness (QED) is 0.788. The first-order chi connectivity index (χ1) is 9.97. The summed E-state index contributed by atoms with van der Waals surface area (Å²) < 4.78 is 0. The molecule has 1 amide bonds. The maximum atomic E-state index is 11.1. The summed E-state index contributed by atoms with van der Waals surface area (Å²) in [5.74, 6) is -0.0998. The van der Waals surface area contributed by atoms with Gasteiger partial charge in [-0.3, -0.25) is 4.79 Å². The molecule has 110 valence electrons. The SMILES string of the molecule is NC(=O)c1ccnc(NC[C@@H](O)c2ccc(Cl)cc2Cl)c1. The third-order valence-electron chi connectivity index (χ3n) is 2.84. The van der Waals surface area contributed by atoms with Gasteiger partial charge in [-0.15, -0.1) is 0 Å². The van der Waals surface area contributed by atoms with Crippen molar-refractivity contribution >= 4 is 34.9 Å². The van der Waals surface area contributed by atoms with Gasteiger partial charge in [0, 0.05) is 33.9 Å². The highest BCUT2D eigenvalue weighted by atomic mass is 35.5. The van der Waals surface area contributed by atoms with E-state index in [9.17, 15) is 9.90 Å². The standard InChI is InChI=1S/C14H13Cl2N3O2/c15-9-1-2-10(11(16)6-9)12(20)7-19-13-5-8(14(17)21)3-4-18-13/h1-6,12,20H,7H2,(H2,17,21)(H,18,19)/t12-/m1/s1. The van der Waals surface area contributed by atoms with Crippen molar-refractivity contribution in [3.63, 3.8) is 0 Å². The van der Waals surface area contributed by atoms with E-state index in [2.05, 4.69) is 10.3 Å². The lowest BCUT2D eigenvalue weighted by atomic mass is 10.1. The van der Waals surface area contributed by atoms with Crippen molar-refractivity contribution in [2.75, 3.05) is 11.9 Å². The number of aromatic nitrogens is 1. The molecule has 0 unspecified atom stereocenters. The highest BCUT2D eigenvalue weighted by Crippen LogP contribution is 2.26. The van der Waals surface area contributed by atoms with Crippen molar-refractivity contribution < 1.29 is 9.90 Å². The highest BCUT2D eigenvalue weighted by Gasteiger charge is 2.12. The maximum Gasteiger partial charge on any atom is 0.248 e. The van der Waals surface area contributed by atoms with E-state index in [0.717, 1.165) is 0 Å². The van der Waals surface area contributed by atoms with Gasteiger partial charge in [0.25, 0.3) is 0 Å². The Hall–Kier alpha value is -1.82. The van der Waals surface area contributed by atoms with Crippen LogP contribution in [0.15, 0.2) is 36.5 Å². The number of nitrogens with one attached hydrogen (secondary N) is 1. The number of aliphatic hydroxyl groups is 1. The molecule has 0 saturated heterocycles. The molecule has 21 heavy (non-hydrogen) atoms. The first-order valence-electron chi connectivity index (χ1n) is 6.10. The molecule has 0 aliphatic carbocycles. The van der Waals surface area contributed by atoms with Crippen LogP contribution in [-0.4, -0.2) is 22.5 Å². The lowest BCUT2D eigenvalue weighted by Gasteiger charge is -2.14. The molecule has 7 heteroatoms. The van der Waals surface area contributed by atoms with Gasteiger partial charge in [-0.05, 0) is 24.3 Å². The Morgan fingerprint density at radius 2 is 2.10 bits per heavy atom. The smallest absolute Gasteiger partial charge is 0.248 e. The molecule has 1 aromatic carbocycles. The molecular formula is C14H13Cl2N3O2. The Labute approximate surface area is 131 Å². The molecule has 0 bridgehead atoms. The van der Waals surface area contributed by atoms with Gasteiger partial charge < -0.3 is 16.2 Å². The Kier molecular flexibility index (Phi) is 5.01. The van der Waals surface area contributed by atoms with Gasteiger partial charge in [0.05, 0.1) is 6.10 Å². The van der Waals surface area contributed by atoms with Crippen molar-refractivity contribution in [1.29, 1.82) is 0 Å². The van der Waals surface area contributed by atoms with Gasteiger partial charge in [-0.2, -0.15) is 0 Å². The number of anilines is 1. The van der Waals surface area contributed by atoms with Crippen LogP contribution in [0.4, 0.5) is 5.82 Å². The Morgan fingerprint density at radius 3 is 2.76 bits per heavy atom. The predicted octanol–water partition coefficient (Wildman–Crippen LogP) is 2.63. The van der Waals surface area contributed by atoms with Crippen LogP contribution in [0, 0.1) is 0 Å². The number of hydrogen-bond donors (Lipinski definition) is 3. The maximum absolute atomic E-state index is 11.1. The lowest BCUT2D eigenvalue weighted by molar-refractivity contribution is 0.1000. The van der Waals surface area contributed by atoms with Crippen molar-refractivity contribution in [2.45, 2.75) is 6.10 Å². The largest absolute Gasteiger partial charge is 0.387 e. The molecule has 0 saturated carbocycles. The summed E-state index contributed by atoms with van der Waals surface area (Å²) in [7, 11) is 0. The molecule has 0 spiro atoms. The lowest BCUT2D eigenvalue weighted by Crippen LogP contribution is -2.15. The molecule has 4 N–H and O–H groups in total. The topological polar surface area (TPSA) is 88.2 Å². The van der Waals surface area contributed by atoms with E-state index >= 15 is 0 Å². The number of benzene rings is 1. The molecule has 0 fully saturated rings. The fourth-order valence-corrected chi connectivity index (χ4v) is 2.30. The number of aliphatic hydroxyl groups excluding tert-OH is 1. The summed E-state index contributed by atoms with van der Waals surface area (Å²) in [6, 6.07) is 7.90. The van der Waals surface area contributed by atoms with E-state index < -0.39 is 12.0 Å². The molecule has 0 aliphatic rings. The minimum Gasteiger partial charge on any atom is -0.387 e. The number of carbonyl (C=O) groups is 1. The van der Waals surface area contributed by atoms with Crippen LogP contribution in [0.5, 0.6) is 0 Å². The first kappa shape index (κ1) is 15.6. The molecule has 1 aromatic heterocycles. The number of primary amides is 1. The van der Waals surface area contributed by atoms with Crippen molar-refractivity contribution in [3.8, 4) is 0 Å². The number of nitrogens with two attached hydrogens (primary N) is 1. The average Bonchev–Trinajstić information content (AvgIpc) is 2.45. The van der Waals surface area contributed by atoms with E-state index in [4.69, 9.17) is 28.9 Å². The Morgan fingerprint density at radius 1 is 1.33 bits per heavy atom. The van der Waals surface area contributed by atoms with Crippen LogP contribution in [0.25, 0.3) is 0 Å². The van der Waals surface area contributed by atoms with Crippen LogP contribution in [0.2, 0.25) is 10.0 Å². The summed E-state index contributed by atoms with van der Waals surface area (Å²) in [4.78, 5) is 15.1. The first-order valence-corrected chi connectivity index (χ1v) is 6.85. The van der Waals surface area contributed by atoms with Gasteiger partial charge in [0.15, 0.2) is 0 Å². The molecule has 1 atom stereocenters. The highest BCUT2D eigenvalue weighted by molar-refractivity contribution is 6.35. The monoisotopic (exact) mass is 325 g/mol. The van der Waals surface area contributed by atoms with Gasteiger partial charge in [-0.1, -0.05) is 29.3 Å². The zero-order chi connectivity index (χ0) is 15.4. The van der Waals surface area contributed by atoms with Gasteiger partial charge in [-0.25, -0.2) is 4.98 Å². The van der Waals surface area contributed by atoms with E-state index in [0.29, 0.717) is 27.0 Å². The normalized spacial score (nSPS) is 12.0. The molecule has 0 aliphatic heterocycles. The third kappa shape index (κ3) is 4.07. The van der Waals surface area contributed by atoms with E-state index in [1.807, 2.05) is 0 Å². The number of halogens is 2. The van der Waals surface area contributed by atoms with E-state index in [1.165, 1.54) is 18.3 Å². The van der Waals surface area contributed by atoms with Crippen LogP contribution < -0.4 is 11.1 Å². The summed E-state index contributed by atoms with van der Waals surface area (Å²) in [5.41, 5.74) is 6.08. The van der Waals surface area contributed by atoms with Crippen molar-refractivity contribution in [1.82, 2.24) is 4.98 Å². The molecule has 1 heterocycles. The number of hydrogen-bond acceptors (Lipinski definition) is 4. The van der Waals surface area contributed by atoms with Crippen molar-refractivity contribution in [2.24, 2.45) is 5.73 Å². The average molecular weight is 326 g/mol. The Bertz CT molecular complexity index is 664. The second-order valence-corrected chi connectivity index (χ2v) is 5.20. The number of carbonyl (C=O) groups excluding carboxylic acids is 1. The zero-order valence-electron chi connectivity index (χ0n) is 10.9. The van der Waals surface area contributed by atoms with E-state index in [-0.39, 0.29) is 6.54 Å².